The second kappa shape index (κ2) is 9.10. The molecule has 1 fully saturated rings. The Bertz CT molecular complexity index is 1210. The van der Waals surface area contributed by atoms with Crippen LogP contribution in [-0.2, 0) is 17.9 Å². The van der Waals surface area contributed by atoms with Crippen molar-refractivity contribution in [2.45, 2.75) is 66.1 Å². The number of nitrogens with zero attached hydrogens (tertiary/aromatic N) is 3. The Hall–Kier alpha value is -2.60. The van der Waals surface area contributed by atoms with E-state index >= 15 is 0 Å². The van der Waals surface area contributed by atoms with Gasteiger partial charge in [0.25, 0.3) is 5.56 Å². The quantitative estimate of drug-likeness (QED) is 0.618. The summed E-state index contributed by atoms with van der Waals surface area (Å²) in [5.41, 5.74) is 2.57. The molecule has 32 heavy (non-hydrogen) atoms. The zero-order valence-electron chi connectivity index (χ0n) is 19.2. The monoisotopic (exact) mass is 454 g/mol. The lowest BCUT2D eigenvalue weighted by molar-refractivity contribution is -0.123. The second-order valence-electron chi connectivity index (χ2n) is 9.19. The molecule has 0 spiro atoms. The van der Waals surface area contributed by atoms with E-state index in [1.807, 2.05) is 38.1 Å². The highest BCUT2D eigenvalue weighted by Gasteiger charge is 2.28. The van der Waals surface area contributed by atoms with Crippen LogP contribution in [0.4, 0.5) is 0 Å². The molecule has 1 aliphatic rings. The minimum absolute atomic E-state index is 0.0689. The van der Waals surface area contributed by atoms with E-state index in [2.05, 4.69) is 28.8 Å². The third-order valence-corrected chi connectivity index (χ3v) is 7.61. The Morgan fingerprint density at radius 1 is 1.19 bits per heavy atom. The Morgan fingerprint density at radius 2 is 1.94 bits per heavy atom. The molecule has 1 saturated carbocycles. The molecule has 3 atom stereocenters. The molecule has 1 amide bonds. The minimum atomic E-state index is -0.235. The maximum Gasteiger partial charge on any atom is 0.276 e. The smallest absolute Gasteiger partial charge is 0.276 e. The molecule has 2 aromatic heterocycles. The summed E-state index contributed by atoms with van der Waals surface area (Å²) in [6, 6.07) is 7.87. The third-order valence-electron chi connectivity index (χ3n) is 7.24. The fourth-order valence-corrected chi connectivity index (χ4v) is 5.16. The number of amides is 1. The van der Waals surface area contributed by atoms with Gasteiger partial charge in [-0.15, -0.1) is 0 Å². The fourth-order valence-electron chi connectivity index (χ4n) is 4.97. The maximum atomic E-state index is 13.3. The van der Waals surface area contributed by atoms with Gasteiger partial charge in [-0.1, -0.05) is 56.5 Å². The molecule has 0 bridgehead atoms. The van der Waals surface area contributed by atoms with Gasteiger partial charge < -0.3 is 9.88 Å². The average molecular weight is 455 g/mol. The van der Waals surface area contributed by atoms with Crippen LogP contribution in [0.25, 0.3) is 10.8 Å². The molecule has 1 aliphatic carbocycles. The van der Waals surface area contributed by atoms with Crippen LogP contribution in [0, 0.1) is 25.7 Å². The van der Waals surface area contributed by atoms with Gasteiger partial charge in [0.2, 0.25) is 5.91 Å². The number of fused-ring (bicyclic) bond motifs is 1. The van der Waals surface area contributed by atoms with Gasteiger partial charge in [0.15, 0.2) is 0 Å². The Balaban J connectivity index is 1.60. The minimum Gasteiger partial charge on any atom is -0.351 e. The number of carbonyl (C=O) groups is 1. The summed E-state index contributed by atoms with van der Waals surface area (Å²) in [6.07, 6.45) is 5.01. The van der Waals surface area contributed by atoms with Crippen molar-refractivity contribution in [3.8, 4) is 0 Å². The van der Waals surface area contributed by atoms with Gasteiger partial charge >= 0.3 is 0 Å². The first-order valence-corrected chi connectivity index (χ1v) is 11.7. The normalized spacial score (nSPS) is 21.1. The van der Waals surface area contributed by atoms with Gasteiger partial charge in [-0.2, -0.15) is 5.10 Å². The molecule has 3 aromatic rings. The first-order chi connectivity index (χ1) is 15.3. The van der Waals surface area contributed by atoms with Crippen LogP contribution in [0.1, 0.15) is 50.1 Å². The highest BCUT2D eigenvalue weighted by molar-refractivity contribution is 6.31. The molecule has 0 saturated heterocycles. The summed E-state index contributed by atoms with van der Waals surface area (Å²) in [5.74, 6) is 0.869. The molecule has 170 valence electrons. The van der Waals surface area contributed by atoms with E-state index in [0.29, 0.717) is 28.8 Å². The van der Waals surface area contributed by atoms with E-state index < -0.39 is 0 Å². The largest absolute Gasteiger partial charge is 0.351 e. The zero-order valence-corrected chi connectivity index (χ0v) is 19.9. The van der Waals surface area contributed by atoms with Crippen molar-refractivity contribution < 1.29 is 4.79 Å². The Labute approximate surface area is 193 Å². The van der Waals surface area contributed by atoms with Gasteiger partial charge in [-0.05, 0) is 43.7 Å². The summed E-state index contributed by atoms with van der Waals surface area (Å²) in [5, 5.41) is 9.57. The van der Waals surface area contributed by atoms with Gasteiger partial charge in [0.1, 0.15) is 6.54 Å². The lowest BCUT2D eigenvalue weighted by atomic mass is 9.78. The highest BCUT2D eigenvalue weighted by Crippen LogP contribution is 2.29. The van der Waals surface area contributed by atoms with Crippen LogP contribution in [0.15, 0.2) is 35.3 Å². The SMILES string of the molecule is Cc1c2cnn(CC(=O)NC3CCCC(C)C3C)c(=O)c2c(C)n1Cc1ccccc1Cl. The van der Waals surface area contributed by atoms with Gasteiger partial charge in [0, 0.05) is 34.4 Å². The molecular weight excluding hydrogens is 424 g/mol. The number of aromatic nitrogens is 3. The number of nitrogens with one attached hydrogen (secondary N) is 1. The van der Waals surface area contributed by atoms with Crippen molar-refractivity contribution in [2.75, 3.05) is 0 Å². The number of hydrogen-bond acceptors (Lipinski definition) is 3. The van der Waals surface area contributed by atoms with Gasteiger partial charge in [0.05, 0.1) is 11.6 Å². The maximum absolute atomic E-state index is 13.3. The molecule has 2 heterocycles. The number of carbonyl (C=O) groups excluding carboxylic acids is 1. The first kappa shape index (κ1) is 22.6. The number of rotatable bonds is 5. The van der Waals surface area contributed by atoms with Crippen LogP contribution in [0.5, 0.6) is 0 Å². The van der Waals surface area contributed by atoms with Crippen LogP contribution in [-0.4, -0.2) is 26.3 Å². The summed E-state index contributed by atoms with van der Waals surface area (Å²) in [4.78, 5) is 26.0. The number of aryl methyl sites for hydroxylation is 2. The fraction of sp³-hybridized carbons (Fsp3) is 0.480. The van der Waals surface area contributed by atoms with Crippen LogP contribution in [0.2, 0.25) is 5.02 Å². The summed E-state index contributed by atoms with van der Waals surface area (Å²) >= 11 is 6.35. The molecule has 0 aliphatic heterocycles. The van der Waals surface area contributed by atoms with Crippen molar-refractivity contribution in [1.29, 1.82) is 0 Å². The molecule has 1 N–H and O–H groups in total. The van der Waals surface area contributed by atoms with E-state index in [-0.39, 0.29) is 24.1 Å². The van der Waals surface area contributed by atoms with Crippen molar-refractivity contribution >= 4 is 28.3 Å². The second-order valence-corrected chi connectivity index (χ2v) is 9.59. The van der Waals surface area contributed by atoms with Crippen molar-refractivity contribution in [3.63, 3.8) is 0 Å². The number of hydrogen-bond donors (Lipinski definition) is 1. The predicted molar refractivity (Wildman–Crippen MR) is 128 cm³/mol. The van der Waals surface area contributed by atoms with Gasteiger partial charge in [-0.25, -0.2) is 4.68 Å². The standard InChI is InChI=1S/C25H31ClN4O2/c1-15-8-7-11-22(16(15)2)28-23(31)14-30-25(32)24-18(4)29(17(3)20(24)12-27-30)13-19-9-5-6-10-21(19)26/h5-6,9-10,12,15-16,22H,7-8,11,13-14H2,1-4H3,(H,28,31). The summed E-state index contributed by atoms with van der Waals surface area (Å²) in [7, 11) is 0. The topological polar surface area (TPSA) is 68.9 Å². The molecule has 3 unspecified atom stereocenters. The van der Waals surface area contributed by atoms with E-state index in [9.17, 15) is 9.59 Å². The molecule has 4 rings (SSSR count). The van der Waals surface area contributed by atoms with Crippen molar-refractivity contribution in [3.05, 3.63) is 62.8 Å². The van der Waals surface area contributed by atoms with Crippen LogP contribution >= 0.6 is 11.6 Å². The average Bonchev–Trinajstić information content (AvgIpc) is 3.00. The predicted octanol–water partition coefficient (Wildman–Crippen LogP) is 4.46. The first-order valence-electron chi connectivity index (χ1n) is 11.4. The molecule has 1 aromatic carbocycles. The van der Waals surface area contributed by atoms with Crippen molar-refractivity contribution in [2.24, 2.45) is 11.8 Å². The van der Waals surface area contributed by atoms with Crippen molar-refractivity contribution in [1.82, 2.24) is 19.7 Å². The summed E-state index contributed by atoms with van der Waals surface area (Å²) in [6.45, 7) is 8.85. The molecular formula is C25H31ClN4O2. The van der Waals surface area contributed by atoms with Crippen LogP contribution < -0.4 is 10.9 Å². The lowest BCUT2D eigenvalue weighted by Gasteiger charge is -2.34. The van der Waals surface area contributed by atoms with Crippen LogP contribution in [0.3, 0.4) is 0 Å². The van der Waals surface area contributed by atoms with E-state index in [1.165, 1.54) is 11.1 Å². The zero-order chi connectivity index (χ0) is 23.0. The molecule has 7 heteroatoms. The van der Waals surface area contributed by atoms with E-state index in [1.54, 1.807) is 6.20 Å². The van der Waals surface area contributed by atoms with E-state index in [4.69, 9.17) is 11.6 Å². The molecule has 6 nitrogen and oxygen atoms in total. The summed E-state index contributed by atoms with van der Waals surface area (Å²) < 4.78 is 3.37. The molecule has 0 radical (unpaired) electrons. The van der Waals surface area contributed by atoms with E-state index in [0.717, 1.165) is 35.2 Å². The lowest BCUT2D eigenvalue weighted by Crippen LogP contribution is -2.45. The van der Waals surface area contributed by atoms with Gasteiger partial charge in [-0.3, -0.25) is 9.59 Å². The number of benzene rings is 1. The Kier molecular flexibility index (Phi) is 6.42. The highest BCUT2D eigenvalue weighted by atomic mass is 35.5. The third kappa shape index (κ3) is 4.20. The Morgan fingerprint density at radius 3 is 2.69 bits per heavy atom. The number of halogens is 1.